The number of halogens is 1. The van der Waals surface area contributed by atoms with Gasteiger partial charge < -0.3 is 4.42 Å². The molecule has 0 bridgehead atoms. The van der Waals surface area contributed by atoms with Crippen molar-refractivity contribution in [2.45, 2.75) is 6.92 Å². The lowest BCUT2D eigenvalue weighted by Gasteiger charge is -1.93. The first-order valence-electron chi connectivity index (χ1n) is 3.67. The quantitative estimate of drug-likeness (QED) is 0.699. The van der Waals surface area contributed by atoms with Crippen LogP contribution in [0.3, 0.4) is 0 Å². The van der Waals surface area contributed by atoms with Gasteiger partial charge in [0.05, 0.1) is 10.6 Å². The molecule has 13 heavy (non-hydrogen) atoms. The third-order valence-electron chi connectivity index (χ3n) is 1.48. The summed E-state index contributed by atoms with van der Waals surface area (Å²) in [6.45, 7) is 1.73. The molecule has 0 aliphatic carbocycles. The monoisotopic (exact) mass is 195 g/mol. The Labute approximate surface area is 79.6 Å². The van der Waals surface area contributed by atoms with E-state index in [0.717, 1.165) is 5.56 Å². The molecule has 0 fully saturated rings. The summed E-state index contributed by atoms with van der Waals surface area (Å²) < 4.78 is 5.20. The standard InChI is InChI=1S/C8H6ClN3O/c1-5-11-12-8(13-5)6-2-7(9)4-10-3-6/h2-4H,1H3. The molecule has 0 radical (unpaired) electrons. The van der Waals surface area contributed by atoms with Crippen LogP contribution in [-0.2, 0) is 0 Å². The molecule has 66 valence electrons. The van der Waals surface area contributed by atoms with Crippen LogP contribution >= 0.6 is 11.6 Å². The van der Waals surface area contributed by atoms with Gasteiger partial charge in [0.15, 0.2) is 0 Å². The summed E-state index contributed by atoms with van der Waals surface area (Å²) in [5.41, 5.74) is 0.730. The molecule has 2 rings (SSSR count). The highest BCUT2D eigenvalue weighted by Gasteiger charge is 2.05. The van der Waals surface area contributed by atoms with Crippen LogP contribution in [0.25, 0.3) is 11.5 Å². The van der Waals surface area contributed by atoms with Gasteiger partial charge in [-0.15, -0.1) is 10.2 Å². The molecule has 0 atom stereocenters. The molecule has 2 heterocycles. The minimum atomic E-state index is 0.438. The molecule has 0 aromatic carbocycles. The third kappa shape index (κ3) is 1.67. The molecule has 0 spiro atoms. The topological polar surface area (TPSA) is 51.8 Å². The summed E-state index contributed by atoms with van der Waals surface area (Å²) in [6, 6.07) is 1.72. The Hall–Kier alpha value is -1.42. The highest BCUT2D eigenvalue weighted by atomic mass is 35.5. The van der Waals surface area contributed by atoms with Crippen molar-refractivity contribution in [3.63, 3.8) is 0 Å². The highest BCUT2D eigenvalue weighted by molar-refractivity contribution is 6.30. The Kier molecular flexibility index (Phi) is 1.98. The van der Waals surface area contributed by atoms with Crippen LogP contribution in [0.2, 0.25) is 5.02 Å². The van der Waals surface area contributed by atoms with Gasteiger partial charge in [0.25, 0.3) is 0 Å². The Balaban J connectivity index is 2.46. The zero-order valence-corrected chi connectivity index (χ0v) is 7.62. The molecule has 5 heteroatoms. The Bertz CT molecular complexity index is 427. The van der Waals surface area contributed by atoms with Crippen LogP contribution in [-0.4, -0.2) is 15.2 Å². The fraction of sp³-hybridized carbons (Fsp3) is 0.125. The molecule has 4 nitrogen and oxygen atoms in total. The van der Waals surface area contributed by atoms with E-state index in [4.69, 9.17) is 16.0 Å². The van der Waals surface area contributed by atoms with Crippen molar-refractivity contribution < 1.29 is 4.42 Å². The molecule has 0 N–H and O–H groups in total. The van der Waals surface area contributed by atoms with E-state index in [1.54, 1.807) is 25.4 Å². The van der Waals surface area contributed by atoms with Crippen LogP contribution in [0.15, 0.2) is 22.9 Å². The summed E-state index contributed by atoms with van der Waals surface area (Å²) in [4.78, 5) is 3.91. The zero-order valence-electron chi connectivity index (χ0n) is 6.86. The average molecular weight is 196 g/mol. The maximum Gasteiger partial charge on any atom is 0.249 e. The fourth-order valence-electron chi connectivity index (χ4n) is 0.942. The van der Waals surface area contributed by atoms with E-state index in [1.165, 1.54) is 0 Å². The smallest absolute Gasteiger partial charge is 0.249 e. The van der Waals surface area contributed by atoms with Gasteiger partial charge in [-0.3, -0.25) is 4.98 Å². The van der Waals surface area contributed by atoms with Gasteiger partial charge in [-0.05, 0) is 6.07 Å². The van der Waals surface area contributed by atoms with Crippen molar-refractivity contribution in [1.29, 1.82) is 0 Å². The van der Waals surface area contributed by atoms with Gasteiger partial charge in [-0.1, -0.05) is 11.6 Å². The predicted molar refractivity (Wildman–Crippen MR) is 47.3 cm³/mol. The number of hydrogen-bond donors (Lipinski definition) is 0. The van der Waals surface area contributed by atoms with Crippen LogP contribution < -0.4 is 0 Å². The first-order chi connectivity index (χ1) is 6.25. The highest BCUT2D eigenvalue weighted by Crippen LogP contribution is 2.19. The second-order valence-electron chi connectivity index (χ2n) is 2.52. The van der Waals surface area contributed by atoms with Crippen molar-refractivity contribution in [2.24, 2.45) is 0 Å². The van der Waals surface area contributed by atoms with Crippen LogP contribution in [0.1, 0.15) is 5.89 Å². The Morgan fingerprint density at radius 3 is 2.77 bits per heavy atom. The minimum absolute atomic E-state index is 0.438. The van der Waals surface area contributed by atoms with Gasteiger partial charge in [0.1, 0.15) is 0 Å². The number of hydrogen-bond acceptors (Lipinski definition) is 4. The van der Waals surface area contributed by atoms with E-state index < -0.39 is 0 Å². The molecule has 0 unspecified atom stereocenters. The van der Waals surface area contributed by atoms with Gasteiger partial charge >= 0.3 is 0 Å². The summed E-state index contributed by atoms with van der Waals surface area (Å²) in [6.07, 6.45) is 3.17. The van der Waals surface area contributed by atoms with Crippen molar-refractivity contribution in [2.75, 3.05) is 0 Å². The van der Waals surface area contributed by atoms with E-state index in [1.807, 2.05) is 0 Å². The zero-order chi connectivity index (χ0) is 9.26. The minimum Gasteiger partial charge on any atom is -0.421 e. The van der Waals surface area contributed by atoms with Gasteiger partial charge in [-0.2, -0.15) is 0 Å². The maximum atomic E-state index is 5.75. The number of aromatic nitrogens is 3. The molecule has 0 saturated carbocycles. The lowest BCUT2D eigenvalue weighted by Crippen LogP contribution is -1.79. The molecular formula is C8H6ClN3O. The fourth-order valence-corrected chi connectivity index (χ4v) is 1.12. The van der Waals surface area contributed by atoms with E-state index in [-0.39, 0.29) is 0 Å². The molecule has 2 aromatic rings. The third-order valence-corrected chi connectivity index (χ3v) is 1.68. The van der Waals surface area contributed by atoms with Crippen LogP contribution in [0.4, 0.5) is 0 Å². The van der Waals surface area contributed by atoms with Crippen molar-refractivity contribution in [3.8, 4) is 11.5 Å². The van der Waals surface area contributed by atoms with Crippen LogP contribution in [0, 0.1) is 6.92 Å². The number of rotatable bonds is 1. The second kappa shape index (κ2) is 3.14. The molecular weight excluding hydrogens is 190 g/mol. The first kappa shape index (κ1) is 8.19. The lowest BCUT2D eigenvalue weighted by atomic mass is 10.3. The van der Waals surface area contributed by atoms with Gasteiger partial charge in [0, 0.05) is 19.3 Å². The lowest BCUT2D eigenvalue weighted by molar-refractivity contribution is 0.532. The Morgan fingerprint density at radius 2 is 2.15 bits per heavy atom. The second-order valence-corrected chi connectivity index (χ2v) is 2.95. The summed E-state index contributed by atoms with van der Waals surface area (Å²) in [7, 11) is 0. The predicted octanol–water partition coefficient (Wildman–Crippen LogP) is 2.09. The largest absolute Gasteiger partial charge is 0.421 e. The van der Waals surface area contributed by atoms with Crippen molar-refractivity contribution >= 4 is 11.6 Å². The summed E-state index contributed by atoms with van der Waals surface area (Å²) >= 11 is 5.75. The Morgan fingerprint density at radius 1 is 1.31 bits per heavy atom. The summed E-state index contributed by atoms with van der Waals surface area (Å²) in [5.74, 6) is 0.961. The SMILES string of the molecule is Cc1nnc(-c2cncc(Cl)c2)o1. The van der Waals surface area contributed by atoms with E-state index in [2.05, 4.69) is 15.2 Å². The molecule has 2 aromatic heterocycles. The average Bonchev–Trinajstić information content (AvgIpc) is 2.52. The molecule has 0 aliphatic rings. The molecule has 0 aliphatic heterocycles. The van der Waals surface area contributed by atoms with Gasteiger partial charge in [0.2, 0.25) is 11.8 Å². The maximum absolute atomic E-state index is 5.75. The number of pyridine rings is 1. The van der Waals surface area contributed by atoms with E-state index in [0.29, 0.717) is 16.8 Å². The van der Waals surface area contributed by atoms with Crippen LogP contribution in [0.5, 0.6) is 0 Å². The molecule has 0 saturated heterocycles. The number of aryl methyl sites for hydroxylation is 1. The summed E-state index contributed by atoms with van der Waals surface area (Å²) in [5, 5.41) is 8.10. The van der Waals surface area contributed by atoms with E-state index >= 15 is 0 Å². The molecule has 0 amide bonds. The number of nitrogens with zero attached hydrogens (tertiary/aromatic N) is 3. The van der Waals surface area contributed by atoms with Crippen molar-refractivity contribution in [1.82, 2.24) is 15.2 Å². The van der Waals surface area contributed by atoms with E-state index in [9.17, 15) is 0 Å². The first-order valence-corrected chi connectivity index (χ1v) is 4.04. The normalized spacial score (nSPS) is 10.3. The van der Waals surface area contributed by atoms with Crippen molar-refractivity contribution in [3.05, 3.63) is 29.4 Å². The van der Waals surface area contributed by atoms with Gasteiger partial charge in [-0.25, -0.2) is 0 Å².